The first-order chi connectivity index (χ1) is 11.9. The van der Waals surface area contributed by atoms with Crippen LogP contribution in [-0.2, 0) is 4.74 Å². The van der Waals surface area contributed by atoms with Crippen LogP contribution in [0.3, 0.4) is 0 Å². The molecular formula is C19H29N3O3. The summed E-state index contributed by atoms with van der Waals surface area (Å²) in [5, 5.41) is 2.92. The highest BCUT2D eigenvalue weighted by Crippen LogP contribution is 2.20. The van der Waals surface area contributed by atoms with Crippen molar-refractivity contribution in [1.82, 2.24) is 15.2 Å². The number of aromatic nitrogens is 1. The second kappa shape index (κ2) is 8.94. The lowest BCUT2D eigenvalue weighted by molar-refractivity contribution is 0.0524. The molecule has 2 heterocycles. The smallest absolute Gasteiger partial charge is 0.339 e. The molecule has 1 aliphatic heterocycles. The number of nitrogens with one attached hydrogen (secondary N) is 1. The van der Waals surface area contributed by atoms with Gasteiger partial charge in [-0.2, -0.15) is 0 Å². The van der Waals surface area contributed by atoms with Crippen molar-refractivity contribution in [3.63, 3.8) is 0 Å². The number of esters is 1. The van der Waals surface area contributed by atoms with Crippen LogP contribution in [0.2, 0.25) is 0 Å². The summed E-state index contributed by atoms with van der Waals surface area (Å²) in [7, 11) is 0. The van der Waals surface area contributed by atoms with Gasteiger partial charge in [0.1, 0.15) is 5.69 Å². The molecule has 0 saturated carbocycles. The Morgan fingerprint density at radius 3 is 2.56 bits per heavy atom. The maximum Gasteiger partial charge on any atom is 0.339 e. The zero-order valence-electron chi connectivity index (χ0n) is 15.7. The normalized spacial score (nSPS) is 21.0. The topological polar surface area (TPSA) is 71.5 Å². The lowest BCUT2D eigenvalue weighted by atomic mass is 9.92. The van der Waals surface area contributed by atoms with Crippen molar-refractivity contribution >= 4 is 11.9 Å². The molecule has 138 valence electrons. The molecule has 1 saturated heterocycles. The van der Waals surface area contributed by atoms with Gasteiger partial charge < -0.3 is 15.0 Å². The van der Waals surface area contributed by atoms with Crippen LogP contribution in [0.4, 0.5) is 0 Å². The molecule has 2 unspecified atom stereocenters. The number of amides is 1. The third-order valence-corrected chi connectivity index (χ3v) is 4.47. The van der Waals surface area contributed by atoms with Crippen LogP contribution >= 0.6 is 0 Å². The largest absolute Gasteiger partial charge is 0.462 e. The zero-order chi connectivity index (χ0) is 18.4. The molecular weight excluding hydrogens is 318 g/mol. The highest BCUT2D eigenvalue weighted by atomic mass is 16.5. The van der Waals surface area contributed by atoms with Crippen molar-refractivity contribution < 1.29 is 14.3 Å². The lowest BCUT2D eigenvalue weighted by Gasteiger charge is -2.34. The maximum atomic E-state index is 12.3. The van der Waals surface area contributed by atoms with Gasteiger partial charge in [0.15, 0.2) is 0 Å². The second-order valence-electron chi connectivity index (χ2n) is 7.01. The number of piperidine rings is 1. The Balaban J connectivity index is 1.86. The molecule has 1 aromatic rings. The number of carbonyl (C=O) groups excluding carboxylic acids is 2. The average Bonchev–Trinajstić information content (AvgIpc) is 2.53. The van der Waals surface area contributed by atoms with Crippen LogP contribution in [-0.4, -0.2) is 54.5 Å². The summed E-state index contributed by atoms with van der Waals surface area (Å²) in [4.78, 5) is 30.7. The predicted octanol–water partition coefficient (Wildman–Crippen LogP) is 2.27. The van der Waals surface area contributed by atoms with E-state index in [0.29, 0.717) is 41.9 Å². The molecule has 1 N–H and O–H groups in total. The molecule has 1 amide bonds. The lowest BCUT2D eigenvalue weighted by Crippen LogP contribution is -2.43. The molecule has 2 atom stereocenters. The summed E-state index contributed by atoms with van der Waals surface area (Å²) in [6, 6.07) is 3.17. The number of ether oxygens (including phenoxy) is 1. The highest BCUT2D eigenvalue weighted by Gasteiger charge is 2.21. The van der Waals surface area contributed by atoms with Crippen LogP contribution in [0.15, 0.2) is 12.1 Å². The standard InChI is InChI=1S/C19H29N3O3/c1-5-25-19(24)16-6-7-17(21-15(16)4)18(23)20-8-9-22-11-13(2)10-14(3)12-22/h6-7,13-14H,5,8-12H2,1-4H3,(H,20,23). The monoisotopic (exact) mass is 347 g/mol. The Morgan fingerprint density at radius 2 is 1.96 bits per heavy atom. The Hall–Kier alpha value is -1.95. The van der Waals surface area contributed by atoms with E-state index in [9.17, 15) is 9.59 Å². The first-order valence-electron chi connectivity index (χ1n) is 9.06. The third-order valence-electron chi connectivity index (χ3n) is 4.47. The van der Waals surface area contributed by atoms with Gasteiger partial charge in [-0.25, -0.2) is 9.78 Å². The minimum Gasteiger partial charge on any atom is -0.462 e. The quantitative estimate of drug-likeness (QED) is 0.799. The van der Waals surface area contributed by atoms with Crippen LogP contribution in [0.25, 0.3) is 0 Å². The highest BCUT2D eigenvalue weighted by molar-refractivity contribution is 5.95. The van der Waals surface area contributed by atoms with E-state index in [1.54, 1.807) is 26.0 Å². The average molecular weight is 347 g/mol. The van der Waals surface area contributed by atoms with Crippen molar-refractivity contribution in [2.45, 2.75) is 34.1 Å². The van der Waals surface area contributed by atoms with Crippen molar-refractivity contribution in [2.75, 3.05) is 32.8 Å². The van der Waals surface area contributed by atoms with Gasteiger partial charge in [0, 0.05) is 26.2 Å². The van der Waals surface area contributed by atoms with Crippen molar-refractivity contribution in [3.05, 3.63) is 29.1 Å². The third kappa shape index (κ3) is 5.53. The first-order valence-corrected chi connectivity index (χ1v) is 9.06. The summed E-state index contributed by atoms with van der Waals surface area (Å²) in [5.74, 6) is 0.794. The second-order valence-corrected chi connectivity index (χ2v) is 7.01. The van der Waals surface area contributed by atoms with Gasteiger partial charge in [-0.1, -0.05) is 13.8 Å². The van der Waals surface area contributed by atoms with Gasteiger partial charge >= 0.3 is 5.97 Å². The zero-order valence-corrected chi connectivity index (χ0v) is 15.7. The van der Waals surface area contributed by atoms with Crippen molar-refractivity contribution in [3.8, 4) is 0 Å². The molecule has 1 fully saturated rings. The summed E-state index contributed by atoms with van der Waals surface area (Å²) in [6.07, 6.45) is 1.28. The molecule has 6 nitrogen and oxygen atoms in total. The van der Waals surface area contributed by atoms with E-state index in [1.165, 1.54) is 6.42 Å². The van der Waals surface area contributed by atoms with Gasteiger partial charge in [0.2, 0.25) is 0 Å². The number of nitrogens with zero attached hydrogens (tertiary/aromatic N) is 2. The molecule has 0 bridgehead atoms. The Morgan fingerprint density at radius 1 is 1.28 bits per heavy atom. The van der Waals surface area contributed by atoms with Gasteiger partial charge in [-0.15, -0.1) is 0 Å². The summed E-state index contributed by atoms with van der Waals surface area (Å²) >= 11 is 0. The number of hydrogen-bond donors (Lipinski definition) is 1. The van der Waals surface area contributed by atoms with E-state index in [2.05, 4.69) is 29.0 Å². The van der Waals surface area contributed by atoms with Gasteiger partial charge in [0.25, 0.3) is 5.91 Å². The SMILES string of the molecule is CCOC(=O)c1ccc(C(=O)NCCN2CC(C)CC(C)C2)nc1C. The molecule has 2 rings (SSSR count). The molecule has 1 aliphatic rings. The minimum absolute atomic E-state index is 0.211. The van der Waals surface area contributed by atoms with E-state index in [4.69, 9.17) is 4.74 Å². The molecule has 0 radical (unpaired) electrons. The van der Waals surface area contributed by atoms with Crippen LogP contribution in [0.5, 0.6) is 0 Å². The molecule has 0 aromatic carbocycles. The number of likely N-dealkylation sites (tertiary alicyclic amines) is 1. The fraction of sp³-hybridized carbons (Fsp3) is 0.632. The van der Waals surface area contributed by atoms with Gasteiger partial charge in [-0.3, -0.25) is 4.79 Å². The van der Waals surface area contributed by atoms with Crippen molar-refractivity contribution in [2.24, 2.45) is 11.8 Å². The summed E-state index contributed by atoms with van der Waals surface area (Å²) in [5.41, 5.74) is 1.23. The Kier molecular flexibility index (Phi) is 6.93. The molecule has 25 heavy (non-hydrogen) atoms. The molecule has 0 spiro atoms. The Labute approximate surface area is 150 Å². The van der Waals surface area contributed by atoms with Crippen LogP contribution in [0, 0.1) is 18.8 Å². The Bertz CT molecular complexity index is 608. The molecule has 0 aliphatic carbocycles. The summed E-state index contributed by atoms with van der Waals surface area (Å²) < 4.78 is 4.97. The maximum absolute atomic E-state index is 12.3. The fourth-order valence-corrected chi connectivity index (χ4v) is 3.50. The van der Waals surface area contributed by atoms with E-state index in [0.717, 1.165) is 19.6 Å². The van der Waals surface area contributed by atoms with Gasteiger partial charge in [-0.05, 0) is 44.2 Å². The van der Waals surface area contributed by atoms with E-state index >= 15 is 0 Å². The van der Waals surface area contributed by atoms with E-state index < -0.39 is 5.97 Å². The number of carbonyl (C=O) groups is 2. The van der Waals surface area contributed by atoms with Crippen LogP contribution in [0.1, 0.15) is 53.7 Å². The minimum atomic E-state index is -0.409. The number of pyridine rings is 1. The fourth-order valence-electron chi connectivity index (χ4n) is 3.50. The van der Waals surface area contributed by atoms with Gasteiger partial charge in [0.05, 0.1) is 17.9 Å². The molecule has 1 aromatic heterocycles. The van der Waals surface area contributed by atoms with E-state index in [1.807, 2.05) is 0 Å². The number of hydrogen-bond acceptors (Lipinski definition) is 5. The predicted molar refractivity (Wildman–Crippen MR) is 96.6 cm³/mol. The number of aryl methyl sites for hydroxylation is 1. The summed E-state index contributed by atoms with van der Waals surface area (Å²) in [6.45, 7) is 12.0. The van der Waals surface area contributed by atoms with Crippen molar-refractivity contribution in [1.29, 1.82) is 0 Å². The molecule has 6 heteroatoms. The van der Waals surface area contributed by atoms with Crippen LogP contribution < -0.4 is 5.32 Å². The first kappa shape index (κ1) is 19.4. The number of rotatable bonds is 6. The van der Waals surface area contributed by atoms with E-state index in [-0.39, 0.29) is 5.91 Å².